The Kier molecular flexibility index (Phi) is 3.83. The Morgan fingerprint density at radius 3 is 3.17 bits per heavy atom. The lowest BCUT2D eigenvalue weighted by Crippen LogP contribution is -2.01. The minimum absolute atomic E-state index is 0.0424. The molecule has 5 heteroatoms. The van der Waals surface area contributed by atoms with Crippen LogP contribution >= 0.6 is 11.7 Å². The number of Topliss-reactive ketones (excluding diaryl/α,β-unsaturated/α-hetero) is 1. The highest BCUT2D eigenvalue weighted by Crippen LogP contribution is 2.02. The van der Waals surface area contributed by atoms with Gasteiger partial charge in [-0.05, 0) is 6.42 Å². The van der Waals surface area contributed by atoms with E-state index in [0.29, 0.717) is 18.7 Å². The molecule has 0 spiro atoms. The molecule has 0 radical (unpaired) electrons. The van der Waals surface area contributed by atoms with E-state index in [9.17, 15) is 4.79 Å². The summed E-state index contributed by atoms with van der Waals surface area (Å²) in [6.07, 6.45) is 2.73. The second-order valence-corrected chi connectivity index (χ2v) is 2.87. The molecule has 1 aromatic rings. The van der Waals surface area contributed by atoms with Crippen molar-refractivity contribution < 1.29 is 9.53 Å². The lowest BCUT2D eigenvalue weighted by molar-refractivity contribution is 0.0959. The standard InChI is InChI=1S/C7H10N2O2S/c1-11-4-2-3-7(10)6-5-8-12-9-6/h5H,2-4H2,1H3. The summed E-state index contributed by atoms with van der Waals surface area (Å²) < 4.78 is 12.4. The number of ketones is 1. The third-order valence-electron chi connectivity index (χ3n) is 1.40. The van der Waals surface area contributed by atoms with E-state index in [-0.39, 0.29) is 5.78 Å². The summed E-state index contributed by atoms with van der Waals surface area (Å²) in [6.45, 7) is 0.614. The molecule has 66 valence electrons. The second-order valence-electron chi connectivity index (χ2n) is 2.31. The van der Waals surface area contributed by atoms with Gasteiger partial charge in [-0.2, -0.15) is 8.75 Å². The van der Waals surface area contributed by atoms with Gasteiger partial charge >= 0.3 is 0 Å². The Labute approximate surface area is 74.9 Å². The van der Waals surface area contributed by atoms with Crippen LogP contribution in [0.3, 0.4) is 0 Å². The first-order chi connectivity index (χ1) is 5.84. The van der Waals surface area contributed by atoms with Crippen molar-refractivity contribution in [1.29, 1.82) is 0 Å². The third kappa shape index (κ3) is 2.67. The predicted molar refractivity (Wildman–Crippen MR) is 45.3 cm³/mol. The average Bonchev–Trinajstić information content (AvgIpc) is 2.56. The highest BCUT2D eigenvalue weighted by atomic mass is 32.1. The van der Waals surface area contributed by atoms with Crippen molar-refractivity contribution >= 4 is 17.5 Å². The summed E-state index contributed by atoms with van der Waals surface area (Å²) in [4.78, 5) is 11.2. The number of hydrogen-bond acceptors (Lipinski definition) is 5. The van der Waals surface area contributed by atoms with Gasteiger partial charge < -0.3 is 4.74 Å². The highest BCUT2D eigenvalue weighted by molar-refractivity contribution is 6.99. The lowest BCUT2D eigenvalue weighted by Gasteiger charge is -1.95. The van der Waals surface area contributed by atoms with Crippen LogP contribution in [0.1, 0.15) is 23.3 Å². The van der Waals surface area contributed by atoms with Gasteiger partial charge in [-0.3, -0.25) is 4.79 Å². The van der Waals surface area contributed by atoms with Gasteiger partial charge in [0.15, 0.2) is 5.78 Å². The molecular weight excluding hydrogens is 176 g/mol. The van der Waals surface area contributed by atoms with Gasteiger partial charge in [0.1, 0.15) is 5.69 Å². The van der Waals surface area contributed by atoms with Gasteiger partial charge in [-0.1, -0.05) is 0 Å². The Morgan fingerprint density at radius 2 is 2.58 bits per heavy atom. The molecule has 0 saturated carbocycles. The minimum atomic E-state index is 0.0424. The predicted octanol–water partition coefficient (Wildman–Crippen LogP) is 1.15. The molecule has 0 bridgehead atoms. The summed E-state index contributed by atoms with van der Waals surface area (Å²) in [5, 5.41) is 0. The van der Waals surface area contributed by atoms with Crippen molar-refractivity contribution in [3.63, 3.8) is 0 Å². The summed E-state index contributed by atoms with van der Waals surface area (Å²) in [5.74, 6) is 0.0424. The number of aromatic nitrogens is 2. The van der Waals surface area contributed by atoms with E-state index in [1.165, 1.54) is 6.20 Å². The number of rotatable bonds is 5. The first kappa shape index (κ1) is 9.28. The molecule has 4 nitrogen and oxygen atoms in total. The Hall–Kier alpha value is -0.810. The topological polar surface area (TPSA) is 52.1 Å². The Morgan fingerprint density at radius 1 is 1.75 bits per heavy atom. The van der Waals surface area contributed by atoms with Gasteiger partial charge in [0.25, 0.3) is 0 Å². The lowest BCUT2D eigenvalue weighted by atomic mass is 10.2. The number of hydrogen-bond donors (Lipinski definition) is 0. The van der Waals surface area contributed by atoms with Crippen molar-refractivity contribution in [2.24, 2.45) is 0 Å². The van der Waals surface area contributed by atoms with Crippen LogP contribution in [-0.2, 0) is 4.74 Å². The zero-order valence-corrected chi connectivity index (χ0v) is 7.63. The van der Waals surface area contributed by atoms with E-state index in [1.54, 1.807) is 7.11 Å². The summed E-state index contributed by atoms with van der Waals surface area (Å²) >= 11 is 1.06. The molecule has 0 aliphatic carbocycles. The smallest absolute Gasteiger partial charge is 0.184 e. The maximum atomic E-state index is 11.2. The molecule has 1 heterocycles. The van der Waals surface area contributed by atoms with E-state index in [4.69, 9.17) is 4.74 Å². The van der Waals surface area contributed by atoms with Crippen LogP contribution in [0.5, 0.6) is 0 Å². The van der Waals surface area contributed by atoms with Crippen LogP contribution in [0.2, 0.25) is 0 Å². The molecule has 0 aromatic carbocycles. The molecule has 1 rings (SSSR count). The Bertz CT molecular complexity index is 236. The molecule has 12 heavy (non-hydrogen) atoms. The molecule has 1 aromatic heterocycles. The SMILES string of the molecule is COCCCC(=O)c1cnsn1. The normalized spacial score (nSPS) is 10.1. The van der Waals surface area contributed by atoms with Gasteiger partial charge in [0, 0.05) is 20.1 Å². The van der Waals surface area contributed by atoms with Crippen LogP contribution in [0.4, 0.5) is 0 Å². The van der Waals surface area contributed by atoms with Crippen LogP contribution in [0, 0.1) is 0 Å². The summed E-state index contributed by atoms with van der Waals surface area (Å²) in [5.41, 5.74) is 0.469. The fourth-order valence-corrected chi connectivity index (χ4v) is 1.22. The number of methoxy groups -OCH3 is 1. The molecular formula is C7H10N2O2S. The minimum Gasteiger partial charge on any atom is -0.385 e. The summed E-state index contributed by atoms with van der Waals surface area (Å²) in [7, 11) is 1.62. The van der Waals surface area contributed by atoms with Crippen molar-refractivity contribution in [3.05, 3.63) is 11.9 Å². The van der Waals surface area contributed by atoms with E-state index < -0.39 is 0 Å². The maximum absolute atomic E-state index is 11.2. The quantitative estimate of drug-likeness (QED) is 0.511. The zero-order chi connectivity index (χ0) is 8.81. The average molecular weight is 186 g/mol. The maximum Gasteiger partial charge on any atom is 0.184 e. The van der Waals surface area contributed by atoms with Gasteiger partial charge in [-0.25, -0.2) is 0 Å². The first-order valence-corrected chi connectivity index (χ1v) is 4.37. The van der Waals surface area contributed by atoms with Crippen LogP contribution in [0.25, 0.3) is 0 Å². The molecule has 0 aliphatic heterocycles. The fourth-order valence-electron chi connectivity index (χ4n) is 0.793. The van der Waals surface area contributed by atoms with Crippen LogP contribution in [0.15, 0.2) is 6.20 Å². The van der Waals surface area contributed by atoms with Crippen LogP contribution in [-0.4, -0.2) is 28.2 Å². The van der Waals surface area contributed by atoms with Crippen molar-refractivity contribution in [3.8, 4) is 0 Å². The highest BCUT2D eigenvalue weighted by Gasteiger charge is 2.07. The second kappa shape index (κ2) is 4.95. The van der Waals surface area contributed by atoms with Gasteiger partial charge in [0.2, 0.25) is 0 Å². The van der Waals surface area contributed by atoms with Crippen molar-refractivity contribution in [1.82, 2.24) is 8.75 Å². The first-order valence-electron chi connectivity index (χ1n) is 3.64. The van der Waals surface area contributed by atoms with E-state index in [1.807, 2.05) is 0 Å². The molecule has 0 saturated heterocycles. The molecule has 0 amide bonds. The summed E-state index contributed by atoms with van der Waals surface area (Å²) in [6, 6.07) is 0. The largest absolute Gasteiger partial charge is 0.385 e. The van der Waals surface area contributed by atoms with Crippen molar-refractivity contribution in [2.75, 3.05) is 13.7 Å². The number of carbonyl (C=O) groups excluding carboxylic acids is 1. The fraction of sp³-hybridized carbons (Fsp3) is 0.571. The Balaban J connectivity index is 2.30. The number of carbonyl (C=O) groups is 1. The van der Waals surface area contributed by atoms with Crippen molar-refractivity contribution in [2.45, 2.75) is 12.8 Å². The third-order valence-corrected chi connectivity index (χ3v) is 1.88. The van der Waals surface area contributed by atoms with Crippen LogP contribution < -0.4 is 0 Å². The van der Waals surface area contributed by atoms with Gasteiger partial charge in [0.05, 0.1) is 17.9 Å². The van der Waals surface area contributed by atoms with E-state index >= 15 is 0 Å². The zero-order valence-electron chi connectivity index (χ0n) is 6.82. The number of nitrogens with zero attached hydrogens (tertiary/aromatic N) is 2. The van der Waals surface area contributed by atoms with E-state index in [2.05, 4.69) is 8.75 Å². The number of ether oxygens (including phenoxy) is 1. The monoisotopic (exact) mass is 186 g/mol. The molecule has 0 fully saturated rings. The molecule has 0 atom stereocenters. The van der Waals surface area contributed by atoms with E-state index in [0.717, 1.165) is 18.1 Å². The molecule has 0 aliphatic rings. The van der Waals surface area contributed by atoms with Gasteiger partial charge in [-0.15, -0.1) is 0 Å². The molecule has 0 N–H and O–H groups in total. The molecule has 0 unspecified atom stereocenters.